The lowest BCUT2D eigenvalue weighted by Gasteiger charge is -2.30. The standard InChI is InChI=1S/C28H30N2O4/c1-5-33-27(31)25-17(3)29-18(4)26(28(32)34-6-2)22(25)16-15-19-20-11-7-9-13-23(20)30-24-14-10-8-12-21(19)24/h7-14,22,29H,5-6,15-16H2,1-4H3. The number of carbonyl (C=O) groups excluding carboxylic acids is 2. The Morgan fingerprint density at radius 1 is 0.824 bits per heavy atom. The fraction of sp³-hybridized carbons (Fsp3) is 0.321. The van der Waals surface area contributed by atoms with Gasteiger partial charge in [-0.25, -0.2) is 14.6 Å². The predicted molar refractivity (Wildman–Crippen MR) is 133 cm³/mol. The molecular formula is C28H30N2O4. The third-order valence-electron chi connectivity index (χ3n) is 6.25. The summed E-state index contributed by atoms with van der Waals surface area (Å²) < 4.78 is 10.8. The maximum atomic E-state index is 13.0. The second kappa shape index (κ2) is 10.1. The monoisotopic (exact) mass is 458 g/mol. The summed E-state index contributed by atoms with van der Waals surface area (Å²) in [7, 11) is 0. The third kappa shape index (κ3) is 4.40. The van der Waals surface area contributed by atoms with E-state index in [0.717, 1.165) is 27.4 Å². The molecule has 1 aromatic heterocycles. The van der Waals surface area contributed by atoms with Crippen LogP contribution in [0.5, 0.6) is 0 Å². The van der Waals surface area contributed by atoms with E-state index in [1.807, 2.05) is 50.2 Å². The number of hydrogen-bond donors (Lipinski definition) is 1. The van der Waals surface area contributed by atoms with Gasteiger partial charge in [0.05, 0.1) is 35.4 Å². The van der Waals surface area contributed by atoms with Crippen LogP contribution in [0.25, 0.3) is 21.8 Å². The van der Waals surface area contributed by atoms with Crippen LogP contribution in [0.3, 0.4) is 0 Å². The first-order chi connectivity index (χ1) is 16.5. The largest absolute Gasteiger partial charge is 0.463 e. The Labute approximate surface area is 199 Å². The molecule has 2 heterocycles. The van der Waals surface area contributed by atoms with Crippen LogP contribution < -0.4 is 5.32 Å². The number of fused-ring (bicyclic) bond motifs is 2. The summed E-state index contributed by atoms with van der Waals surface area (Å²) in [5, 5.41) is 5.34. The summed E-state index contributed by atoms with van der Waals surface area (Å²) in [5.41, 5.74) is 5.39. The maximum absolute atomic E-state index is 13.0. The van der Waals surface area contributed by atoms with Crippen LogP contribution in [-0.2, 0) is 25.5 Å². The van der Waals surface area contributed by atoms with Crippen molar-refractivity contribution in [1.82, 2.24) is 10.3 Å². The number of rotatable bonds is 7. The van der Waals surface area contributed by atoms with Crippen LogP contribution in [0.1, 0.15) is 39.7 Å². The predicted octanol–water partition coefficient (Wildman–Crippen LogP) is 5.21. The molecule has 6 nitrogen and oxygen atoms in total. The molecule has 3 aromatic rings. The summed E-state index contributed by atoms with van der Waals surface area (Å²) in [6.07, 6.45) is 1.21. The quantitative estimate of drug-likeness (QED) is 0.387. The molecule has 1 N–H and O–H groups in total. The zero-order valence-corrected chi connectivity index (χ0v) is 20.1. The number of hydrogen-bond acceptors (Lipinski definition) is 6. The fourth-order valence-electron chi connectivity index (χ4n) is 4.87. The summed E-state index contributed by atoms with van der Waals surface area (Å²) in [6, 6.07) is 16.2. The van der Waals surface area contributed by atoms with Gasteiger partial charge in [0, 0.05) is 28.1 Å². The van der Waals surface area contributed by atoms with Crippen LogP contribution in [0.2, 0.25) is 0 Å². The van der Waals surface area contributed by atoms with E-state index in [2.05, 4.69) is 17.4 Å². The highest BCUT2D eigenvalue weighted by atomic mass is 16.5. The highest BCUT2D eigenvalue weighted by molar-refractivity contribution is 5.99. The first-order valence-corrected chi connectivity index (χ1v) is 11.7. The number of aromatic nitrogens is 1. The number of esters is 2. The molecule has 4 rings (SSSR count). The lowest BCUT2D eigenvalue weighted by atomic mass is 9.81. The second-order valence-electron chi connectivity index (χ2n) is 8.36. The molecule has 0 amide bonds. The number of nitrogens with one attached hydrogen (secondary N) is 1. The number of carbonyl (C=O) groups is 2. The van der Waals surface area contributed by atoms with Crippen molar-refractivity contribution in [3.8, 4) is 0 Å². The molecule has 0 bridgehead atoms. The number of dihydropyridines is 1. The Balaban J connectivity index is 1.80. The van der Waals surface area contributed by atoms with E-state index >= 15 is 0 Å². The molecule has 0 fully saturated rings. The highest BCUT2D eigenvalue weighted by Gasteiger charge is 2.36. The van der Waals surface area contributed by atoms with Gasteiger partial charge >= 0.3 is 11.9 Å². The van der Waals surface area contributed by atoms with Gasteiger partial charge in [0.2, 0.25) is 0 Å². The Hall–Kier alpha value is -3.67. The molecule has 34 heavy (non-hydrogen) atoms. The van der Waals surface area contributed by atoms with Crippen molar-refractivity contribution in [1.29, 1.82) is 0 Å². The van der Waals surface area contributed by atoms with Gasteiger partial charge in [-0.15, -0.1) is 0 Å². The molecule has 1 aliphatic heterocycles. The summed E-state index contributed by atoms with van der Waals surface area (Å²) >= 11 is 0. The van der Waals surface area contributed by atoms with E-state index in [4.69, 9.17) is 14.5 Å². The van der Waals surface area contributed by atoms with Crippen molar-refractivity contribution >= 4 is 33.7 Å². The van der Waals surface area contributed by atoms with Crippen molar-refractivity contribution in [2.24, 2.45) is 5.92 Å². The molecule has 2 aromatic carbocycles. The van der Waals surface area contributed by atoms with Crippen molar-refractivity contribution in [3.05, 3.63) is 76.6 Å². The van der Waals surface area contributed by atoms with Crippen LogP contribution in [0.15, 0.2) is 71.1 Å². The summed E-state index contributed by atoms with van der Waals surface area (Å²) in [5.74, 6) is -1.25. The molecular weight excluding hydrogens is 428 g/mol. The van der Waals surface area contributed by atoms with E-state index in [-0.39, 0.29) is 13.2 Å². The summed E-state index contributed by atoms with van der Waals surface area (Å²) in [6.45, 7) is 7.78. The van der Waals surface area contributed by atoms with Gasteiger partial charge in [-0.1, -0.05) is 36.4 Å². The smallest absolute Gasteiger partial charge is 0.336 e. The lowest BCUT2D eigenvalue weighted by molar-refractivity contribution is -0.140. The average Bonchev–Trinajstić information content (AvgIpc) is 2.81. The molecule has 0 unspecified atom stereocenters. The molecule has 0 saturated carbocycles. The molecule has 0 spiro atoms. The highest BCUT2D eigenvalue weighted by Crippen LogP contribution is 2.36. The van der Waals surface area contributed by atoms with Crippen molar-refractivity contribution in [2.75, 3.05) is 13.2 Å². The van der Waals surface area contributed by atoms with Gasteiger partial charge in [-0.3, -0.25) is 0 Å². The molecule has 6 heteroatoms. The number of allylic oxidation sites excluding steroid dienone is 2. The Kier molecular flexibility index (Phi) is 6.96. The van der Waals surface area contributed by atoms with Gasteiger partial charge in [-0.05, 0) is 58.2 Å². The Morgan fingerprint density at radius 2 is 1.29 bits per heavy atom. The molecule has 1 aliphatic rings. The number of aryl methyl sites for hydroxylation is 1. The minimum atomic E-state index is -0.440. The minimum Gasteiger partial charge on any atom is -0.463 e. The van der Waals surface area contributed by atoms with Gasteiger partial charge in [-0.2, -0.15) is 0 Å². The number of ether oxygens (including phenoxy) is 2. The number of nitrogens with zero attached hydrogens (tertiary/aromatic N) is 1. The van der Waals surface area contributed by atoms with Gasteiger partial charge in [0.15, 0.2) is 0 Å². The van der Waals surface area contributed by atoms with Crippen LogP contribution >= 0.6 is 0 Å². The van der Waals surface area contributed by atoms with E-state index in [1.54, 1.807) is 13.8 Å². The van der Waals surface area contributed by atoms with E-state index in [1.165, 1.54) is 0 Å². The van der Waals surface area contributed by atoms with Crippen LogP contribution in [-0.4, -0.2) is 30.1 Å². The molecule has 0 atom stereocenters. The SMILES string of the molecule is CCOC(=O)C1=C(C)NC(C)=C(C(=O)OCC)C1CCc1c2ccccc2nc2ccccc12. The van der Waals surface area contributed by atoms with Gasteiger partial charge in [0.1, 0.15) is 0 Å². The second-order valence-corrected chi connectivity index (χ2v) is 8.36. The number of benzene rings is 2. The molecule has 176 valence electrons. The Bertz CT molecular complexity index is 1230. The first-order valence-electron chi connectivity index (χ1n) is 11.7. The van der Waals surface area contributed by atoms with E-state index in [0.29, 0.717) is 35.4 Å². The minimum absolute atomic E-state index is 0.263. The lowest BCUT2D eigenvalue weighted by Crippen LogP contribution is -2.34. The topological polar surface area (TPSA) is 77.5 Å². The van der Waals surface area contributed by atoms with Crippen LogP contribution in [0, 0.1) is 5.92 Å². The maximum Gasteiger partial charge on any atom is 0.336 e. The van der Waals surface area contributed by atoms with Gasteiger partial charge < -0.3 is 14.8 Å². The third-order valence-corrected chi connectivity index (χ3v) is 6.25. The van der Waals surface area contributed by atoms with E-state index < -0.39 is 17.9 Å². The first kappa shape index (κ1) is 23.5. The fourth-order valence-corrected chi connectivity index (χ4v) is 4.87. The normalized spacial score (nSPS) is 14.5. The van der Waals surface area contributed by atoms with Crippen molar-refractivity contribution in [2.45, 2.75) is 40.5 Å². The zero-order valence-electron chi connectivity index (χ0n) is 20.1. The van der Waals surface area contributed by atoms with Crippen molar-refractivity contribution < 1.29 is 19.1 Å². The van der Waals surface area contributed by atoms with Crippen molar-refractivity contribution in [3.63, 3.8) is 0 Å². The number of pyridine rings is 1. The van der Waals surface area contributed by atoms with Gasteiger partial charge in [0.25, 0.3) is 0 Å². The molecule has 0 saturated heterocycles. The molecule has 0 radical (unpaired) electrons. The zero-order chi connectivity index (χ0) is 24.2. The number of para-hydroxylation sites is 2. The molecule has 0 aliphatic carbocycles. The Morgan fingerprint density at radius 3 is 1.76 bits per heavy atom. The van der Waals surface area contributed by atoms with E-state index in [9.17, 15) is 9.59 Å². The van der Waals surface area contributed by atoms with Crippen LogP contribution in [0.4, 0.5) is 0 Å². The average molecular weight is 459 g/mol. The summed E-state index contributed by atoms with van der Waals surface area (Å²) in [4.78, 5) is 30.8.